The summed E-state index contributed by atoms with van der Waals surface area (Å²) in [6.45, 7) is 0. The summed E-state index contributed by atoms with van der Waals surface area (Å²) in [5, 5.41) is 2.67. The lowest BCUT2D eigenvalue weighted by Gasteiger charge is -2.12. The maximum Gasteiger partial charge on any atom is 0.247 e. The van der Waals surface area contributed by atoms with E-state index in [1.54, 1.807) is 24.3 Å². The topological polar surface area (TPSA) is 80.9 Å². The van der Waals surface area contributed by atoms with Crippen molar-refractivity contribution in [2.24, 2.45) is 5.73 Å². The van der Waals surface area contributed by atoms with Gasteiger partial charge in [0.25, 0.3) is 0 Å². The maximum absolute atomic E-state index is 12.0. The molecule has 0 unspecified atom stereocenters. The van der Waals surface area contributed by atoms with Gasteiger partial charge in [0.2, 0.25) is 5.91 Å². The Bertz CT molecular complexity index is 592. The Morgan fingerprint density at radius 3 is 2.58 bits per heavy atom. The first-order chi connectivity index (χ1) is 9.09. The zero-order chi connectivity index (χ0) is 13.8. The Hall–Kier alpha value is -1.69. The Morgan fingerprint density at radius 1 is 1.21 bits per heavy atom. The van der Waals surface area contributed by atoms with Crippen LogP contribution in [0.15, 0.2) is 36.7 Å². The summed E-state index contributed by atoms with van der Waals surface area (Å²) >= 11 is 11.6. The number of rotatable bonds is 3. The summed E-state index contributed by atoms with van der Waals surface area (Å²) < 4.78 is 0. The zero-order valence-corrected chi connectivity index (χ0v) is 11.2. The lowest BCUT2D eigenvalue weighted by Crippen LogP contribution is -2.28. The first-order valence-corrected chi connectivity index (χ1v) is 6.12. The largest absolute Gasteiger partial charge is 0.316 e. The van der Waals surface area contributed by atoms with Crippen LogP contribution in [0.1, 0.15) is 11.6 Å². The van der Waals surface area contributed by atoms with Crippen LogP contribution in [-0.4, -0.2) is 15.9 Å². The van der Waals surface area contributed by atoms with Crippen molar-refractivity contribution in [2.45, 2.75) is 6.04 Å². The third kappa shape index (κ3) is 3.20. The minimum atomic E-state index is -0.814. The van der Waals surface area contributed by atoms with E-state index in [1.165, 1.54) is 6.33 Å². The maximum atomic E-state index is 12.0. The molecule has 2 aromatic rings. The highest BCUT2D eigenvalue weighted by atomic mass is 35.5. The van der Waals surface area contributed by atoms with Crippen molar-refractivity contribution in [3.05, 3.63) is 52.4 Å². The summed E-state index contributed by atoms with van der Waals surface area (Å²) in [5.74, 6) is -0.291. The van der Waals surface area contributed by atoms with Crippen LogP contribution in [0.5, 0.6) is 0 Å². The SMILES string of the molecule is N[C@H](C(=O)Nc1ncnc(Cl)c1Cl)c1ccccc1. The second-order valence-corrected chi connectivity index (χ2v) is 4.44. The van der Waals surface area contributed by atoms with Gasteiger partial charge >= 0.3 is 0 Å². The van der Waals surface area contributed by atoms with Gasteiger partial charge in [-0.15, -0.1) is 0 Å². The molecule has 0 spiro atoms. The van der Waals surface area contributed by atoms with Crippen LogP contribution in [0, 0.1) is 0 Å². The van der Waals surface area contributed by atoms with Crippen LogP contribution >= 0.6 is 23.2 Å². The van der Waals surface area contributed by atoms with E-state index in [1.807, 2.05) is 6.07 Å². The standard InChI is InChI=1S/C12H10Cl2N4O/c13-8-10(14)16-6-17-11(8)18-12(19)9(15)7-4-2-1-3-5-7/h1-6,9H,15H2,(H,16,17,18,19)/t9-/m0/s1. The van der Waals surface area contributed by atoms with Crippen LogP contribution in [0.2, 0.25) is 10.2 Å². The van der Waals surface area contributed by atoms with Crippen molar-refractivity contribution in [3.63, 3.8) is 0 Å². The summed E-state index contributed by atoms with van der Waals surface area (Å²) in [6.07, 6.45) is 1.21. The lowest BCUT2D eigenvalue weighted by atomic mass is 10.1. The average Bonchev–Trinajstić information content (AvgIpc) is 2.44. The fraction of sp³-hybridized carbons (Fsp3) is 0.0833. The number of hydrogen-bond acceptors (Lipinski definition) is 4. The van der Waals surface area contributed by atoms with Gasteiger partial charge in [-0.05, 0) is 5.56 Å². The third-order valence-corrected chi connectivity index (χ3v) is 3.17. The van der Waals surface area contributed by atoms with E-state index in [0.717, 1.165) is 0 Å². The minimum Gasteiger partial charge on any atom is -0.316 e. The molecule has 0 fully saturated rings. The summed E-state index contributed by atoms with van der Waals surface area (Å²) in [6, 6.07) is 8.16. The van der Waals surface area contributed by atoms with Crippen LogP contribution < -0.4 is 11.1 Å². The summed E-state index contributed by atoms with van der Waals surface area (Å²) in [4.78, 5) is 19.5. The lowest BCUT2D eigenvalue weighted by molar-refractivity contribution is -0.117. The number of benzene rings is 1. The van der Waals surface area contributed by atoms with Crippen LogP contribution in [0.25, 0.3) is 0 Å². The number of aromatic nitrogens is 2. The molecule has 0 bridgehead atoms. The molecule has 1 heterocycles. The normalized spacial score (nSPS) is 11.9. The number of halogens is 2. The monoisotopic (exact) mass is 296 g/mol. The van der Waals surface area contributed by atoms with E-state index >= 15 is 0 Å². The Labute approximate surface area is 119 Å². The van der Waals surface area contributed by atoms with Gasteiger partial charge in [0.15, 0.2) is 11.0 Å². The van der Waals surface area contributed by atoms with Gasteiger partial charge < -0.3 is 11.1 Å². The number of carbonyl (C=O) groups is 1. The first-order valence-electron chi connectivity index (χ1n) is 5.37. The molecule has 0 saturated carbocycles. The number of carbonyl (C=O) groups excluding carboxylic acids is 1. The Kier molecular flexibility index (Phi) is 4.31. The molecule has 1 amide bonds. The van der Waals surface area contributed by atoms with Gasteiger partial charge in [-0.1, -0.05) is 53.5 Å². The predicted molar refractivity (Wildman–Crippen MR) is 74.1 cm³/mol. The number of amides is 1. The van der Waals surface area contributed by atoms with Crippen LogP contribution in [0.3, 0.4) is 0 Å². The highest BCUT2D eigenvalue weighted by Crippen LogP contribution is 2.26. The average molecular weight is 297 g/mol. The molecule has 5 nitrogen and oxygen atoms in total. The Balaban J connectivity index is 2.15. The molecule has 0 radical (unpaired) electrons. The fourth-order valence-electron chi connectivity index (χ4n) is 1.44. The smallest absolute Gasteiger partial charge is 0.247 e. The molecule has 1 aromatic heterocycles. The van der Waals surface area contributed by atoms with E-state index in [9.17, 15) is 4.79 Å². The van der Waals surface area contributed by atoms with Gasteiger partial charge in [-0.3, -0.25) is 4.79 Å². The molecule has 0 saturated heterocycles. The molecule has 98 valence electrons. The first kappa shape index (κ1) is 13.7. The van der Waals surface area contributed by atoms with Gasteiger partial charge in [-0.2, -0.15) is 0 Å². The number of nitrogens with one attached hydrogen (secondary N) is 1. The van der Waals surface area contributed by atoms with Crippen molar-refractivity contribution in [1.82, 2.24) is 9.97 Å². The number of anilines is 1. The molecular formula is C12H10Cl2N4O. The molecule has 0 aliphatic heterocycles. The highest BCUT2D eigenvalue weighted by Gasteiger charge is 2.18. The molecular weight excluding hydrogens is 287 g/mol. The third-order valence-electron chi connectivity index (χ3n) is 2.43. The van der Waals surface area contributed by atoms with Crippen LogP contribution in [0.4, 0.5) is 5.82 Å². The van der Waals surface area contributed by atoms with Gasteiger partial charge in [0.05, 0.1) is 0 Å². The molecule has 19 heavy (non-hydrogen) atoms. The van der Waals surface area contributed by atoms with Crippen LogP contribution in [-0.2, 0) is 4.79 Å². The van der Waals surface area contributed by atoms with Gasteiger partial charge in [0.1, 0.15) is 17.4 Å². The fourth-order valence-corrected chi connectivity index (χ4v) is 1.72. The van der Waals surface area contributed by atoms with E-state index in [-0.39, 0.29) is 16.0 Å². The van der Waals surface area contributed by atoms with Crippen molar-refractivity contribution < 1.29 is 4.79 Å². The van der Waals surface area contributed by atoms with E-state index in [2.05, 4.69) is 15.3 Å². The van der Waals surface area contributed by atoms with Gasteiger partial charge in [0, 0.05) is 0 Å². The number of hydrogen-bond donors (Lipinski definition) is 2. The van der Waals surface area contributed by atoms with Crippen molar-refractivity contribution in [3.8, 4) is 0 Å². The second-order valence-electron chi connectivity index (χ2n) is 3.70. The highest BCUT2D eigenvalue weighted by molar-refractivity contribution is 6.42. The molecule has 2 rings (SSSR count). The molecule has 3 N–H and O–H groups in total. The molecule has 1 atom stereocenters. The second kappa shape index (κ2) is 5.97. The molecule has 1 aromatic carbocycles. The van der Waals surface area contributed by atoms with E-state index < -0.39 is 11.9 Å². The summed E-state index contributed by atoms with van der Waals surface area (Å²) in [7, 11) is 0. The predicted octanol–water partition coefficient (Wildman–Crippen LogP) is 2.42. The number of nitrogens with zero attached hydrogens (tertiary/aromatic N) is 2. The van der Waals surface area contributed by atoms with Gasteiger partial charge in [-0.25, -0.2) is 9.97 Å². The quantitative estimate of drug-likeness (QED) is 0.853. The zero-order valence-electron chi connectivity index (χ0n) is 9.68. The minimum absolute atomic E-state index is 0.0697. The number of nitrogens with two attached hydrogens (primary N) is 1. The van der Waals surface area contributed by atoms with Crippen molar-refractivity contribution >= 4 is 34.9 Å². The van der Waals surface area contributed by atoms with Crippen molar-refractivity contribution in [2.75, 3.05) is 5.32 Å². The molecule has 7 heteroatoms. The van der Waals surface area contributed by atoms with E-state index in [0.29, 0.717) is 5.56 Å². The Morgan fingerprint density at radius 2 is 1.89 bits per heavy atom. The molecule has 0 aliphatic rings. The molecule has 0 aliphatic carbocycles. The summed E-state index contributed by atoms with van der Waals surface area (Å²) in [5.41, 5.74) is 6.53. The van der Waals surface area contributed by atoms with Crippen molar-refractivity contribution in [1.29, 1.82) is 0 Å². The van der Waals surface area contributed by atoms with E-state index in [4.69, 9.17) is 28.9 Å².